The summed E-state index contributed by atoms with van der Waals surface area (Å²) in [6.07, 6.45) is 0. The summed E-state index contributed by atoms with van der Waals surface area (Å²) in [6, 6.07) is 9.20. The molecule has 4 aromatic rings. The molecular formula is C22H28SSiTe3. The first-order valence-electron chi connectivity index (χ1n) is 9.74. The van der Waals surface area contributed by atoms with E-state index in [0.717, 1.165) is 16.6 Å². The van der Waals surface area contributed by atoms with Crippen LogP contribution in [0.25, 0.3) is 25.0 Å². The Kier molecular flexibility index (Phi) is 6.41. The molecule has 0 amide bonds. The first-order chi connectivity index (χ1) is 12.8. The van der Waals surface area contributed by atoms with Crippen molar-refractivity contribution in [1.82, 2.24) is 0 Å². The molecule has 144 valence electrons. The quantitative estimate of drug-likeness (QED) is 0.235. The molecule has 0 saturated carbocycles. The fraction of sp³-hybridized carbons (Fsp3) is 0.455. The van der Waals surface area contributed by atoms with Gasteiger partial charge < -0.3 is 0 Å². The SMILES string of the molecule is C[Te]c1c([Si](C(C)C)(C(C)C)C(C)C)[te]c2c1[te]c1c3ccccc3sc21. The van der Waals surface area contributed by atoms with Gasteiger partial charge in [-0.05, 0) is 0 Å². The van der Waals surface area contributed by atoms with Crippen LogP contribution in [0, 0.1) is 0 Å². The van der Waals surface area contributed by atoms with Crippen molar-refractivity contribution >= 4 is 113 Å². The number of fused-ring (bicyclic) bond motifs is 5. The molecule has 3 heterocycles. The van der Waals surface area contributed by atoms with E-state index in [1.165, 1.54) is 4.70 Å². The van der Waals surface area contributed by atoms with Gasteiger partial charge in [0.25, 0.3) is 0 Å². The van der Waals surface area contributed by atoms with Crippen molar-refractivity contribution in [2.45, 2.75) is 63.1 Å². The molecule has 3 aromatic heterocycles. The molecule has 0 aliphatic heterocycles. The maximum atomic E-state index is 2.57. The standard InChI is InChI=1S/C22H28SSiTe3/c1-12(2)24(13(3)4,14(5)6)22-21(25-7)20-19(27-22)17-18(26-20)15-10-8-9-11-16(15)23-17/h8-14H,1-7H3. The van der Waals surface area contributed by atoms with Gasteiger partial charge in [0.15, 0.2) is 0 Å². The van der Waals surface area contributed by atoms with E-state index in [9.17, 15) is 0 Å². The van der Waals surface area contributed by atoms with Crippen molar-refractivity contribution < 1.29 is 0 Å². The van der Waals surface area contributed by atoms with E-state index < -0.39 is 8.07 Å². The van der Waals surface area contributed by atoms with Gasteiger partial charge in [-0.15, -0.1) is 0 Å². The van der Waals surface area contributed by atoms with E-state index in [2.05, 4.69) is 85.3 Å². The average Bonchev–Trinajstić information content (AvgIpc) is 3.23. The zero-order valence-corrected chi connectivity index (χ0v) is 26.0. The molecular weight excluding hydrogens is 707 g/mol. The van der Waals surface area contributed by atoms with Gasteiger partial charge in [0.1, 0.15) is 0 Å². The first-order valence-corrected chi connectivity index (χ1v) is 20.9. The molecule has 5 heteroatoms. The summed E-state index contributed by atoms with van der Waals surface area (Å²) in [6.45, 7) is 15.4. The number of hydrogen-bond acceptors (Lipinski definition) is 1. The van der Waals surface area contributed by atoms with Crippen LogP contribution >= 0.6 is 11.3 Å². The van der Waals surface area contributed by atoms with Gasteiger partial charge in [-0.25, -0.2) is 0 Å². The Labute approximate surface area is 198 Å². The monoisotopic (exact) mass is 742 g/mol. The summed E-state index contributed by atoms with van der Waals surface area (Å²) in [5, 5.41) is 1.60. The molecule has 0 saturated heterocycles. The first kappa shape index (κ1) is 21.5. The van der Waals surface area contributed by atoms with Crippen molar-refractivity contribution in [1.29, 1.82) is 0 Å². The summed E-state index contributed by atoms with van der Waals surface area (Å²) in [5.74, 6) is 0. The minimum absolute atomic E-state index is 0.0137. The topological polar surface area (TPSA) is 0 Å². The van der Waals surface area contributed by atoms with Crippen molar-refractivity contribution in [2.75, 3.05) is 0 Å². The van der Waals surface area contributed by atoms with Crippen LogP contribution in [0.2, 0.25) is 21.6 Å². The summed E-state index contributed by atoms with van der Waals surface area (Å²) in [5.41, 5.74) is 2.61. The summed E-state index contributed by atoms with van der Waals surface area (Å²) < 4.78 is 13.1. The van der Waals surface area contributed by atoms with Crippen LogP contribution < -0.4 is 6.81 Å². The maximum absolute atomic E-state index is 2.57. The molecule has 0 atom stereocenters. The zero-order valence-electron chi connectivity index (χ0n) is 17.2. The third-order valence-electron chi connectivity index (χ3n) is 6.25. The van der Waals surface area contributed by atoms with Crippen LogP contribution in [0.3, 0.4) is 0 Å². The molecule has 0 bridgehead atoms. The van der Waals surface area contributed by atoms with Gasteiger partial charge in [-0.2, -0.15) is 0 Å². The molecule has 0 spiro atoms. The fourth-order valence-corrected chi connectivity index (χ4v) is 39.9. The Balaban J connectivity index is 2.09. The summed E-state index contributed by atoms with van der Waals surface area (Å²) in [7, 11) is -1.45. The van der Waals surface area contributed by atoms with Crippen LogP contribution in [0.15, 0.2) is 24.3 Å². The van der Waals surface area contributed by atoms with Crippen LogP contribution in [0.4, 0.5) is 0 Å². The molecule has 4 rings (SSSR count). The Hall–Kier alpha value is 1.25. The minimum atomic E-state index is -1.45. The third-order valence-corrected chi connectivity index (χ3v) is 31.8. The molecule has 0 fully saturated rings. The fourth-order valence-electron chi connectivity index (χ4n) is 5.27. The van der Waals surface area contributed by atoms with Crippen molar-refractivity contribution in [3.8, 4) is 0 Å². The Bertz CT molecular complexity index is 1090. The normalized spacial score (nSPS) is 13.4. The number of hydrogen-bond donors (Lipinski definition) is 0. The second-order valence-corrected chi connectivity index (χ2v) is 24.5. The van der Waals surface area contributed by atoms with E-state index in [1.807, 2.05) is 10.4 Å². The predicted octanol–water partition coefficient (Wildman–Crippen LogP) is 5.59. The van der Waals surface area contributed by atoms with E-state index in [4.69, 9.17) is 0 Å². The molecule has 0 N–H and O–H groups in total. The van der Waals surface area contributed by atoms with Crippen LogP contribution in [-0.4, -0.2) is 69.9 Å². The van der Waals surface area contributed by atoms with Gasteiger partial charge in [0.05, 0.1) is 0 Å². The Morgan fingerprint density at radius 3 is 2.07 bits per heavy atom. The van der Waals surface area contributed by atoms with Crippen molar-refractivity contribution in [2.24, 2.45) is 0 Å². The average molecular weight is 735 g/mol. The van der Waals surface area contributed by atoms with E-state index in [0.29, 0.717) is 0 Å². The van der Waals surface area contributed by atoms with Gasteiger partial charge in [0, 0.05) is 0 Å². The number of thiophene rings is 1. The van der Waals surface area contributed by atoms with Crippen LogP contribution in [-0.2, 0) is 0 Å². The predicted molar refractivity (Wildman–Crippen MR) is 133 cm³/mol. The summed E-state index contributed by atoms with van der Waals surface area (Å²) >= 11 is 1.78. The number of benzene rings is 1. The van der Waals surface area contributed by atoms with E-state index in [1.54, 1.807) is 13.5 Å². The second-order valence-electron chi connectivity index (χ2n) is 8.38. The Morgan fingerprint density at radius 2 is 1.48 bits per heavy atom. The van der Waals surface area contributed by atoms with Crippen LogP contribution in [0.5, 0.6) is 0 Å². The number of rotatable bonds is 5. The molecule has 0 aliphatic carbocycles. The summed E-state index contributed by atoms with van der Waals surface area (Å²) in [4.78, 5) is 2.57. The van der Waals surface area contributed by atoms with Crippen LogP contribution in [0.1, 0.15) is 41.5 Å². The van der Waals surface area contributed by atoms with Gasteiger partial charge >= 0.3 is 200 Å². The second kappa shape index (κ2) is 8.06. The molecule has 0 aliphatic rings. The molecule has 0 radical (unpaired) electrons. The van der Waals surface area contributed by atoms with Crippen molar-refractivity contribution in [3.05, 3.63) is 24.3 Å². The zero-order chi connectivity index (χ0) is 19.5. The van der Waals surface area contributed by atoms with Gasteiger partial charge in [-0.1, -0.05) is 0 Å². The molecule has 1 aromatic carbocycles. The van der Waals surface area contributed by atoms with Crippen molar-refractivity contribution in [3.63, 3.8) is 0 Å². The Morgan fingerprint density at radius 1 is 0.852 bits per heavy atom. The molecule has 0 nitrogen and oxygen atoms in total. The van der Waals surface area contributed by atoms with E-state index in [-0.39, 0.29) is 61.8 Å². The molecule has 27 heavy (non-hydrogen) atoms. The third kappa shape index (κ3) is 3.15. The van der Waals surface area contributed by atoms with Gasteiger partial charge in [-0.3, -0.25) is 0 Å². The van der Waals surface area contributed by atoms with E-state index >= 15 is 0 Å². The molecule has 0 unspecified atom stereocenters. The van der Waals surface area contributed by atoms with Gasteiger partial charge in [0.2, 0.25) is 0 Å².